The topological polar surface area (TPSA) is 93.1 Å². The number of halogens is 1. The lowest BCUT2D eigenvalue weighted by molar-refractivity contribution is 0.0940. The minimum atomic E-state index is -3.37. The Morgan fingerprint density at radius 3 is 2.31 bits per heavy atom. The first-order chi connectivity index (χ1) is 13.6. The van der Waals surface area contributed by atoms with Crippen LogP contribution in [-0.4, -0.2) is 30.4 Å². The Balaban J connectivity index is 1.72. The molecule has 0 spiro atoms. The van der Waals surface area contributed by atoms with Gasteiger partial charge >= 0.3 is 0 Å². The van der Waals surface area contributed by atoms with E-state index in [1.165, 1.54) is 24.3 Å². The van der Waals surface area contributed by atoms with Crippen LogP contribution in [0.15, 0.2) is 54.7 Å². The van der Waals surface area contributed by atoms with Crippen molar-refractivity contribution in [1.82, 2.24) is 15.1 Å². The van der Waals surface area contributed by atoms with Gasteiger partial charge in [0, 0.05) is 22.5 Å². The Labute approximate surface area is 168 Å². The number of anilines is 1. The summed E-state index contributed by atoms with van der Waals surface area (Å²) >= 11 is 0. The van der Waals surface area contributed by atoms with Crippen molar-refractivity contribution in [3.63, 3.8) is 0 Å². The second kappa shape index (κ2) is 8.04. The molecule has 2 N–H and O–H groups in total. The zero-order chi connectivity index (χ0) is 21.2. The van der Waals surface area contributed by atoms with E-state index in [0.29, 0.717) is 11.3 Å². The van der Waals surface area contributed by atoms with Crippen LogP contribution in [0.2, 0.25) is 0 Å². The number of hydrogen-bond donors (Lipinski definition) is 2. The maximum absolute atomic E-state index is 13.1. The molecule has 152 valence electrons. The van der Waals surface area contributed by atoms with Crippen molar-refractivity contribution in [2.24, 2.45) is 0 Å². The summed E-state index contributed by atoms with van der Waals surface area (Å²) in [6.45, 7) is 3.72. The van der Waals surface area contributed by atoms with Crippen LogP contribution < -0.4 is 10.0 Å². The van der Waals surface area contributed by atoms with E-state index >= 15 is 0 Å². The number of amides is 1. The highest BCUT2D eigenvalue weighted by molar-refractivity contribution is 7.92. The van der Waals surface area contributed by atoms with Crippen LogP contribution in [0.25, 0.3) is 5.69 Å². The van der Waals surface area contributed by atoms with Gasteiger partial charge < -0.3 is 5.32 Å². The van der Waals surface area contributed by atoms with E-state index in [4.69, 9.17) is 0 Å². The summed E-state index contributed by atoms with van der Waals surface area (Å²) in [5.41, 5.74) is 3.17. The number of nitrogens with one attached hydrogen (secondary N) is 2. The number of sulfonamides is 1. The molecule has 0 bridgehead atoms. The molecule has 29 heavy (non-hydrogen) atoms. The van der Waals surface area contributed by atoms with E-state index in [9.17, 15) is 17.6 Å². The summed E-state index contributed by atoms with van der Waals surface area (Å²) < 4.78 is 39.7. The fourth-order valence-corrected chi connectivity index (χ4v) is 3.52. The molecule has 0 saturated heterocycles. The van der Waals surface area contributed by atoms with Crippen LogP contribution >= 0.6 is 0 Å². The maximum Gasteiger partial charge on any atom is 0.251 e. The molecule has 7 nitrogen and oxygen atoms in total. The first-order valence-electron chi connectivity index (χ1n) is 8.83. The minimum Gasteiger partial charge on any atom is -0.345 e. The number of rotatable bonds is 6. The predicted molar refractivity (Wildman–Crippen MR) is 109 cm³/mol. The molecule has 3 rings (SSSR count). The van der Waals surface area contributed by atoms with Crippen LogP contribution in [0.4, 0.5) is 10.1 Å². The van der Waals surface area contributed by atoms with Crippen LogP contribution in [0.3, 0.4) is 0 Å². The number of aromatic nitrogens is 2. The Hall–Kier alpha value is -3.20. The number of carbonyl (C=O) groups excluding carboxylic acids is 1. The smallest absolute Gasteiger partial charge is 0.251 e. The highest BCUT2D eigenvalue weighted by atomic mass is 32.2. The van der Waals surface area contributed by atoms with Crippen molar-refractivity contribution in [3.8, 4) is 5.69 Å². The van der Waals surface area contributed by atoms with Crippen LogP contribution in [0.5, 0.6) is 0 Å². The van der Waals surface area contributed by atoms with Gasteiger partial charge in [-0.05, 0) is 62.4 Å². The van der Waals surface area contributed by atoms with Gasteiger partial charge in [0.25, 0.3) is 5.91 Å². The van der Waals surface area contributed by atoms with Crippen LogP contribution in [0, 0.1) is 12.7 Å². The second-order valence-electron chi connectivity index (χ2n) is 6.72. The quantitative estimate of drug-likeness (QED) is 0.645. The number of hydrogen-bond acceptors (Lipinski definition) is 4. The molecule has 1 heterocycles. The highest BCUT2D eigenvalue weighted by Crippen LogP contribution is 2.21. The van der Waals surface area contributed by atoms with E-state index in [2.05, 4.69) is 15.1 Å². The SMILES string of the molecule is Cc1c([C@H](C)NC(=O)c2ccc(NS(C)(=O)=O)cc2)cnn1-c1ccc(F)cc1. The molecule has 0 unspecified atom stereocenters. The third kappa shape index (κ3) is 5.00. The van der Waals surface area contributed by atoms with Gasteiger partial charge in [0.05, 0.1) is 24.2 Å². The van der Waals surface area contributed by atoms with Crippen molar-refractivity contribution < 1.29 is 17.6 Å². The van der Waals surface area contributed by atoms with E-state index in [0.717, 1.165) is 23.2 Å². The van der Waals surface area contributed by atoms with E-state index in [1.54, 1.807) is 35.1 Å². The molecule has 0 radical (unpaired) electrons. The molecule has 1 amide bonds. The van der Waals surface area contributed by atoms with Crippen molar-refractivity contribution in [2.45, 2.75) is 19.9 Å². The van der Waals surface area contributed by atoms with Crippen molar-refractivity contribution in [3.05, 3.63) is 77.4 Å². The maximum atomic E-state index is 13.1. The summed E-state index contributed by atoms with van der Waals surface area (Å²) in [4.78, 5) is 12.5. The molecule has 1 atom stereocenters. The molecule has 9 heteroatoms. The number of carbonyl (C=O) groups is 1. The molecule has 2 aromatic carbocycles. The molecular weight excluding hydrogens is 395 g/mol. The van der Waals surface area contributed by atoms with Crippen molar-refractivity contribution in [2.75, 3.05) is 11.0 Å². The average molecular weight is 416 g/mol. The van der Waals surface area contributed by atoms with Crippen LogP contribution in [-0.2, 0) is 10.0 Å². The Bertz CT molecular complexity index is 1120. The van der Waals surface area contributed by atoms with Crippen molar-refractivity contribution >= 4 is 21.6 Å². The van der Waals surface area contributed by atoms with Crippen LogP contribution in [0.1, 0.15) is 34.6 Å². The zero-order valence-electron chi connectivity index (χ0n) is 16.2. The molecule has 3 aromatic rings. The minimum absolute atomic E-state index is 0.294. The van der Waals surface area contributed by atoms with E-state index < -0.39 is 10.0 Å². The van der Waals surface area contributed by atoms with Gasteiger partial charge in [-0.1, -0.05) is 0 Å². The third-order valence-electron chi connectivity index (χ3n) is 4.38. The van der Waals surface area contributed by atoms with Gasteiger partial charge in [-0.25, -0.2) is 17.5 Å². The molecular formula is C20H21FN4O3S. The van der Waals surface area contributed by atoms with Gasteiger partial charge in [-0.15, -0.1) is 0 Å². The monoisotopic (exact) mass is 416 g/mol. The average Bonchev–Trinajstić information content (AvgIpc) is 3.03. The molecule has 0 aliphatic heterocycles. The standard InChI is InChI=1S/C20H21FN4O3S/c1-13(19-12-22-25(14(19)2)18-10-6-16(21)7-11-18)23-20(26)15-4-8-17(9-5-15)24-29(3,27)28/h4-13,24H,1-3H3,(H,23,26)/t13-/m0/s1. The second-order valence-corrected chi connectivity index (χ2v) is 8.47. The lowest BCUT2D eigenvalue weighted by Gasteiger charge is -2.14. The van der Waals surface area contributed by atoms with Gasteiger partial charge in [0.1, 0.15) is 5.82 Å². The Morgan fingerprint density at radius 2 is 1.72 bits per heavy atom. The summed E-state index contributed by atoms with van der Waals surface area (Å²) in [6.07, 6.45) is 2.73. The fourth-order valence-electron chi connectivity index (χ4n) is 2.95. The Kier molecular flexibility index (Phi) is 5.69. The lowest BCUT2D eigenvalue weighted by Crippen LogP contribution is -2.27. The highest BCUT2D eigenvalue weighted by Gasteiger charge is 2.17. The first kappa shape index (κ1) is 20.5. The fraction of sp³-hybridized carbons (Fsp3) is 0.200. The molecule has 1 aromatic heterocycles. The van der Waals surface area contributed by atoms with E-state index in [1.807, 2.05) is 13.8 Å². The normalized spacial score (nSPS) is 12.4. The summed E-state index contributed by atoms with van der Waals surface area (Å²) in [6, 6.07) is 11.8. The third-order valence-corrected chi connectivity index (χ3v) is 4.99. The number of benzene rings is 2. The summed E-state index contributed by atoms with van der Waals surface area (Å²) in [5.74, 6) is -0.616. The molecule has 0 saturated carbocycles. The summed E-state index contributed by atoms with van der Waals surface area (Å²) in [5, 5.41) is 7.24. The Morgan fingerprint density at radius 1 is 1.10 bits per heavy atom. The van der Waals surface area contributed by atoms with Gasteiger partial charge in [0.15, 0.2) is 0 Å². The van der Waals surface area contributed by atoms with Gasteiger partial charge in [-0.2, -0.15) is 5.10 Å². The number of nitrogens with zero attached hydrogens (tertiary/aromatic N) is 2. The zero-order valence-corrected chi connectivity index (χ0v) is 17.0. The summed E-state index contributed by atoms with van der Waals surface area (Å²) in [7, 11) is -3.37. The molecule has 0 fully saturated rings. The largest absolute Gasteiger partial charge is 0.345 e. The van der Waals surface area contributed by atoms with Gasteiger partial charge in [-0.3, -0.25) is 9.52 Å². The van der Waals surface area contributed by atoms with E-state index in [-0.39, 0.29) is 17.8 Å². The first-order valence-corrected chi connectivity index (χ1v) is 10.7. The molecule has 0 aliphatic rings. The van der Waals surface area contributed by atoms with Crippen molar-refractivity contribution in [1.29, 1.82) is 0 Å². The van der Waals surface area contributed by atoms with Gasteiger partial charge in [0.2, 0.25) is 10.0 Å². The lowest BCUT2D eigenvalue weighted by atomic mass is 10.1. The molecule has 0 aliphatic carbocycles. The predicted octanol–water partition coefficient (Wildman–Crippen LogP) is 3.18.